The quantitative estimate of drug-likeness (QED) is 0.770. The van der Waals surface area contributed by atoms with E-state index < -0.39 is 0 Å². The SMILES string of the molecule is Cc1ccc(C(=O)Nc2ccc3oc(C(C)C)nc3c2)s1. The number of anilines is 1. The Morgan fingerprint density at radius 2 is 2.10 bits per heavy atom. The average Bonchev–Trinajstić information content (AvgIpc) is 3.04. The number of benzene rings is 1. The maximum Gasteiger partial charge on any atom is 0.265 e. The molecule has 4 nitrogen and oxygen atoms in total. The zero-order chi connectivity index (χ0) is 15.0. The molecule has 0 aliphatic rings. The van der Waals surface area contributed by atoms with Gasteiger partial charge in [0.2, 0.25) is 0 Å². The number of thiophene rings is 1. The van der Waals surface area contributed by atoms with Crippen molar-refractivity contribution in [2.24, 2.45) is 0 Å². The van der Waals surface area contributed by atoms with Gasteiger partial charge in [0, 0.05) is 16.5 Å². The summed E-state index contributed by atoms with van der Waals surface area (Å²) in [7, 11) is 0. The van der Waals surface area contributed by atoms with E-state index in [0.717, 1.165) is 21.7 Å². The monoisotopic (exact) mass is 300 g/mol. The zero-order valence-electron chi connectivity index (χ0n) is 12.1. The molecule has 0 unspecified atom stereocenters. The minimum absolute atomic E-state index is 0.0972. The molecule has 2 heterocycles. The molecule has 1 aromatic carbocycles. The van der Waals surface area contributed by atoms with Crippen LogP contribution in [0, 0.1) is 6.92 Å². The predicted octanol–water partition coefficient (Wildman–Crippen LogP) is 4.57. The molecule has 0 radical (unpaired) electrons. The van der Waals surface area contributed by atoms with Crippen molar-refractivity contribution in [3.63, 3.8) is 0 Å². The highest BCUT2D eigenvalue weighted by atomic mass is 32.1. The summed E-state index contributed by atoms with van der Waals surface area (Å²) in [4.78, 5) is 18.4. The second kappa shape index (κ2) is 5.33. The van der Waals surface area contributed by atoms with Crippen molar-refractivity contribution >= 4 is 34.0 Å². The topological polar surface area (TPSA) is 55.1 Å². The number of hydrogen-bond donors (Lipinski definition) is 1. The van der Waals surface area contributed by atoms with Gasteiger partial charge in [-0.3, -0.25) is 4.79 Å². The van der Waals surface area contributed by atoms with Gasteiger partial charge in [-0.05, 0) is 37.3 Å². The first kappa shape index (κ1) is 13.8. The summed E-state index contributed by atoms with van der Waals surface area (Å²) >= 11 is 1.48. The summed E-state index contributed by atoms with van der Waals surface area (Å²) in [6.07, 6.45) is 0. The second-order valence-corrected chi connectivity index (χ2v) is 6.54. The smallest absolute Gasteiger partial charge is 0.265 e. The molecule has 5 heteroatoms. The van der Waals surface area contributed by atoms with Crippen LogP contribution in [-0.2, 0) is 0 Å². The van der Waals surface area contributed by atoms with Crippen molar-refractivity contribution < 1.29 is 9.21 Å². The van der Waals surface area contributed by atoms with Crippen molar-refractivity contribution in [1.29, 1.82) is 0 Å². The Morgan fingerprint density at radius 3 is 2.76 bits per heavy atom. The van der Waals surface area contributed by atoms with Crippen LogP contribution in [0.15, 0.2) is 34.7 Å². The van der Waals surface area contributed by atoms with E-state index in [4.69, 9.17) is 4.42 Å². The van der Waals surface area contributed by atoms with Crippen LogP contribution in [0.1, 0.15) is 40.2 Å². The number of nitrogens with zero attached hydrogens (tertiary/aromatic N) is 1. The van der Waals surface area contributed by atoms with E-state index in [2.05, 4.69) is 10.3 Å². The van der Waals surface area contributed by atoms with E-state index in [1.165, 1.54) is 11.3 Å². The van der Waals surface area contributed by atoms with E-state index >= 15 is 0 Å². The second-order valence-electron chi connectivity index (χ2n) is 5.25. The van der Waals surface area contributed by atoms with Crippen molar-refractivity contribution in [3.05, 3.63) is 46.0 Å². The van der Waals surface area contributed by atoms with Crippen molar-refractivity contribution in [1.82, 2.24) is 4.98 Å². The summed E-state index contributed by atoms with van der Waals surface area (Å²) < 4.78 is 5.66. The first-order chi connectivity index (χ1) is 10.0. The molecular weight excluding hydrogens is 284 g/mol. The molecule has 21 heavy (non-hydrogen) atoms. The number of carbonyl (C=O) groups excluding carboxylic acids is 1. The van der Waals surface area contributed by atoms with Crippen molar-refractivity contribution in [2.75, 3.05) is 5.32 Å². The maximum atomic E-state index is 12.1. The molecule has 1 N–H and O–H groups in total. The maximum absolute atomic E-state index is 12.1. The van der Waals surface area contributed by atoms with Crippen molar-refractivity contribution in [2.45, 2.75) is 26.7 Å². The number of carbonyl (C=O) groups is 1. The van der Waals surface area contributed by atoms with Crippen LogP contribution in [0.2, 0.25) is 0 Å². The standard InChI is InChI=1S/C16H16N2O2S/c1-9(2)16-18-12-8-11(5-6-13(12)20-16)17-15(19)14-7-4-10(3)21-14/h4-9H,1-3H3,(H,17,19). The Balaban J connectivity index is 1.85. The highest BCUT2D eigenvalue weighted by molar-refractivity contribution is 7.14. The molecule has 0 atom stereocenters. The highest BCUT2D eigenvalue weighted by Gasteiger charge is 2.12. The molecule has 0 saturated carbocycles. The van der Waals surface area contributed by atoms with E-state index in [1.54, 1.807) is 0 Å². The molecule has 0 aliphatic heterocycles. The van der Waals surface area contributed by atoms with Crippen LogP contribution in [0.25, 0.3) is 11.1 Å². The lowest BCUT2D eigenvalue weighted by atomic mass is 10.2. The molecule has 0 aliphatic carbocycles. The molecule has 1 amide bonds. The van der Waals surface area contributed by atoms with Crippen LogP contribution in [0.5, 0.6) is 0 Å². The molecule has 2 aromatic heterocycles. The third-order valence-corrected chi connectivity index (χ3v) is 4.12. The fraction of sp³-hybridized carbons (Fsp3) is 0.250. The zero-order valence-corrected chi connectivity index (χ0v) is 13.0. The fourth-order valence-corrected chi connectivity index (χ4v) is 2.78. The lowest BCUT2D eigenvalue weighted by Gasteiger charge is -2.02. The molecule has 0 spiro atoms. The third kappa shape index (κ3) is 2.83. The highest BCUT2D eigenvalue weighted by Crippen LogP contribution is 2.24. The summed E-state index contributed by atoms with van der Waals surface area (Å²) in [6.45, 7) is 6.05. The number of fused-ring (bicyclic) bond motifs is 1. The van der Waals surface area contributed by atoms with Crippen molar-refractivity contribution in [3.8, 4) is 0 Å². The van der Waals surface area contributed by atoms with E-state index in [0.29, 0.717) is 10.8 Å². The van der Waals surface area contributed by atoms with Gasteiger partial charge in [-0.25, -0.2) is 4.98 Å². The fourth-order valence-electron chi connectivity index (χ4n) is 2.02. The lowest BCUT2D eigenvalue weighted by molar-refractivity contribution is 0.103. The van der Waals surface area contributed by atoms with Crippen LogP contribution in [0.3, 0.4) is 0 Å². The van der Waals surface area contributed by atoms with Crippen LogP contribution < -0.4 is 5.32 Å². The number of nitrogens with one attached hydrogen (secondary N) is 1. The minimum Gasteiger partial charge on any atom is -0.440 e. The Morgan fingerprint density at radius 1 is 1.29 bits per heavy atom. The Hall–Kier alpha value is -2.14. The summed E-state index contributed by atoms with van der Waals surface area (Å²) in [5.41, 5.74) is 2.23. The molecule has 108 valence electrons. The normalized spacial score (nSPS) is 11.2. The Labute approximate surface area is 126 Å². The van der Waals surface area contributed by atoms with Gasteiger partial charge in [0.25, 0.3) is 5.91 Å². The number of rotatable bonds is 3. The molecular formula is C16H16N2O2S. The first-order valence-corrected chi connectivity index (χ1v) is 7.63. The summed E-state index contributed by atoms with van der Waals surface area (Å²) in [5, 5.41) is 2.89. The van der Waals surface area contributed by atoms with Gasteiger partial charge in [-0.1, -0.05) is 13.8 Å². The first-order valence-electron chi connectivity index (χ1n) is 6.81. The van der Waals surface area contributed by atoms with Gasteiger partial charge in [0.15, 0.2) is 11.5 Å². The van der Waals surface area contributed by atoms with E-state index in [9.17, 15) is 4.79 Å². The largest absolute Gasteiger partial charge is 0.440 e. The van der Waals surface area contributed by atoms with E-state index in [-0.39, 0.29) is 11.8 Å². The minimum atomic E-state index is -0.0972. The van der Waals surface area contributed by atoms with Gasteiger partial charge in [0.05, 0.1) is 4.88 Å². The third-order valence-electron chi connectivity index (χ3n) is 3.12. The lowest BCUT2D eigenvalue weighted by Crippen LogP contribution is -2.09. The van der Waals surface area contributed by atoms with Gasteiger partial charge in [0.1, 0.15) is 5.52 Å². The summed E-state index contributed by atoms with van der Waals surface area (Å²) in [6, 6.07) is 9.28. The van der Waals surface area contributed by atoms with Crippen LogP contribution in [0.4, 0.5) is 5.69 Å². The van der Waals surface area contributed by atoms with Gasteiger partial charge < -0.3 is 9.73 Å². The molecule has 3 aromatic rings. The summed E-state index contributed by atoms with van der Waals surface area (Å²) in [5.74, 6) is 0.854. The molecule has 3 rings (SSSR count). The number of oxazole rings is 1. The molecule has 0 saturated heterocycles. The number of aryl methyl sites for hydroxylation is 1. The van der Waals surface area contributed by atoms with Crippen LogP contribution in [-0.4, -0.2) is 10.9 Å². The Bertz CT molecular complexity index is 802. The van der Waals surface area contributed by atoms with Gasteiger partial charge in [-0.2, -0.15) is 0 Å². The van der Waals surface area contributed by atoms with Gasteiger partial charge >= 0.3 is 0 Å². The number of aromatic nitrogens is 1. The predicted molar refractivity (Wildman–Crippen MR) is 85.1 cm³/mol. The molecule has 0 fully saturated rings. The molecule has 0 bridgehead atoms. The Kier molecular flexibility index (Phi) is 3.51. The van der Waals surface area contributed by atoms with E-state index in [1.807, 2.05) is 51.1 Å². The number of amides is 1. The van der Waals surface area contributed by atoms with Gasteiger partial charge in [-0.15, -0.1) is 11.3 Å². The van der Waals surface area contributed by atoms with Crippen LogP contribution >= 0.6 is 11.3 Å². The average molecular weight is 300 g/mol. The number of hydrogen-bond acceptors (Lipinski definition) is 4.